The second-order valence-corrected chi connectivity index (χ2v) is 4.03. The van der Waals surface area contributed by atoms with Crippen LogP contribution in [0.4, 0.5) is 5.69 Å². The van der Waals surface area contributed by atoms with E-state index in [-0.39, 0.29) is 5.69 Å². The van der Waals surface area contributed by atoms with Crippen molar-refractivity contribution in [3.8, 4) is 6.07 Å². The highest BCUT2D eigenvalue weighted by Crippen LogP contribution is 2.24. The molecule has 6 nitrogen and oxygen atoms in total. The normalized spacial score (nSPS) is 17.9. The number of hydrogen-bond acceptors (Lipinski definition) is 5. The van der Waals surface area contributed by atoms with Gasteiger partial charge in [-0.25, -0.2) is 0 Å². The molecule has 0 amide bonds. The highest BCUT2D eigenvalue weighted by molar-refractivity contribution is 5.37. The van der Waals surface area contributed by atoms with E-state index in [9.17, 15) is 15.4 Å². The molecule has 94 valence electrons. The first-order valence-electron chi connectivity index (χ1n) is 5.68. The maximum Gasteiger partial charge on any atom is 0.269 e. The van der Waals surface area contributed by atoms with E-state index in [4.69, 9.17) is 4.74 Å². The second-order valence-electron chi connectivity index (χ2n) is 4.03. The van der Waals surface area contributed by atoms with Crippen LogP contribution >= 0.6 is 0 Å². The number of nitro groups is 1. The molecule has 0 spiro atoms. The summed E-state index contributed by atoms with van der Waals surface area (Å²) < 4.78 is 5.23. The van der Waals surface area contributed by atoms with E-state index in [2.05, 4.69) is 6.07 Å². The zero-order valence-electron chi connectivity index (χ0n) is 9.78. The third kappa shape index (κ3) is 2.64. The number of morpholine rings is 1. The van der Waals surface area contributed by atoms with Crippen molar-refractivity contribution in [3.63, 3.8) is 0 Å². The molecule has 0 aliphatic carbocycles. The van der Waals surface area contributed by atoms with Crippen molar-refractivity contribution in [1.82, 2.24) is 4.90 Å². The minimum Gasteiger partial charge on any atom is -0.379 e. The molecule has 0 aromatic heterocycles. The van der Waals surface area contributed by atoms with Crippen molar-refractivity contribution in [2.24, 2.45) is 0 Å². The molecule has 0 saturated carbocycles. The lowest BCUT2D eigenvalue weighted by Gasteiger charge is -2.30. The predicted molar refractivity (Wildman–Crippen MR) is 63.8 cm³/mol. The molecule has 2 rings (SSSR count). The van der Waals surface area contributed by atoms with Crippen LogP contribution in [0.1, 0.15) is 11.6 Å². The van der Waals surface area contributed by atoms with Gasteiger partial charge in [0.25, 0.3) is 5.69 Å². The average Bonchev–Trinajstić information content (AvgIpc) is 2.41. The minimum atomic E-state index is -0.450. The van der Waals surface area contributed by atoms with Gasteiger partial charge in [-0.3, -0.25) is 15.0 Å². The van der Waals surface area contributed by atoms with E-state index in [0.717, 1.165) is 0 Å². The Kier molecular flexibility index (Phi) is 3.87. The molecule has 1 aliphatic rings. The van der Waals surface area contributed by atoms with Gasteiger partial charge in [0, 0.05) is 25.2 Å². The maximum absolute atomic E-state index is 10.7. The average molecular weight is 247 g/mol. The van der Waals surface area contributed by atoms with Gasteiger partial charge in [-0.2, -0.15) is 5.26 Å². The van der Waals surface area contributed by atoms with E-state index in [1.807, 2.05) is 4.90 Å². The predicted octanol–water partition coefficient (Wildman–Crippen LogP) is 1.49. The molecule has 0 radical (unpaired) electrons. The van der Waals surface area contributed by atoms with Gasteiger partial charge in [-0.05, 0) is 5.56 Å². The molecule has 1 fully saturated rings. The lowest BCUT2D eigenvalue weighted by atomic mass is 10.1. The molecule has 1 heterocycles. The minimum absolute atomic E-state index is 0.0148. The molecule has 0 N–H and O–H groups in total. The molecule has 18 heavy (non-hydrogen) atoms. The van der Waals surface area contributed by atoms with E-state index >= 15 is 0 Å². The Bertz CT molecular complexity index is 478. The van der Waals surface area contributed by atoms with Crippen LogP contribution in [-0.4, -0.2) is 36.1 Å². The summed E-state index contributed by atoms with van der Waals surface area (Å²) in [5.41, 5.74) is 0.676. The van der Waals surface area contributed by atoms with Gasteiger partial charge in [0.1, 0.15) is 6.04 Å². The lowest BCUT2D eigenvalue weighted by Crippen LogP contribution is -2.38. The summed E-state index contributed by atoms with van der Waals surface area (Å²) in [6.45, 7) is 2.52. The molecule has 6 heteroatoms. The fourth-order valence-corrected chi connectivity index (χ4v) is 2.01. The standard InChI is InChI=1S/C12H13N3O3/c13-9-12(14-4-6-18-7-5-14)10-2-1-3-11(8-10)15(16)17/h1-3,8,12H,4-7H2/t12-/m1/s1. The number of nitro benzene ring substituents is 1. The van der Waals surface area contributed by atoms with Crippen molar-refractivity contribution in [2.45, 2.75) is 6.04 Å². The van der Waals surface area contributed by atoms with Gasteiger partial charge in [0.05, 0.1) is 24.2 Å². The summed E-state index contributed by atoms with van der Waals surface area (Å²) in [5.74, 6) is 0. The van der Waals surface area contributed by atoms with Crippen molar-refractivity contribution >= 4 is 5.69 Å². The quantitative estimate of drug-likeness (QED) is 0.597. The van der Waals surface area contributed by atoms with E-state index in [1.54, 1.807) is 12.1 Å². The van der Waals surface area contributed by atoms with E-state index in [0.29, 0.717) is 31.9 Å². The van der Waals surface area contributed by atoms with Crippen LogP contribution in [0.5, 0.6) is 0 Å². The molecule has 1 aromatic rings. The van der Waals surface area contributed by atoms with Crippen LogP contribution in [0.2, 0.25) is 0 Å². The number of nitriles is 1. The van der Waals surface area contributed by atoms with E-state index < -0.39 is 11.0 Å². The Balaban J connectivity index is 2.24. The summed E-state index contributed by atoms with van der Waals surface area (Å²) >= 11 is 0. The first-order valence-corrected chi connectivity index (χ1v) is 5.68. The van der Waals surface area contributed by atoms with Gasteiger partial charge in [0.2, 0.25) is 0 Å². The molecule has 1 aromatic carbocycles. The summed E-state index contributed by atoms with van der Waals surface area (Å²) in [4.78, 5) is 12.3. The fraction of sp³-hybridized carbons (Fsp3) is 0.417. The van der Waals surface area contributed by atoms with Crippen molar-refractivity contribution in [2.75, 3.05) is 26.3 Å². The molecule has 1 aliphatic heterocycles. The Morgan fingerprint density at radius 3 is 2.78 bits per heavy atom. The maximum atomic E-state index is 10.7. The van der Waals surface area contributed by atoms with Crippen LogP contribution in [0, 0.1) is 21.4 Å². The van der Waals surface area contributed by atoms with Crippen LogP contribution in [0.25, 0.3) is 0 Å². The number of rotatable bonds is 3. The SMILES string of the molecule is N#C[C@H](c1cccc([N+](=O)[O-])c1)N1CCOCC1. The Labute approximate surface area is 105 Å². The zero-order chi connectivity index (χ0) is 13.0. The highest BCUT2D eigenvalue weighted by Gasteiger charge is 2.23. The number of benzene rings is 1. The lowest BCUT2D eigenvalue weighted by molar-refractivity contribution is -0.384. The number of nitrogens with zero attached hydrogens (tertiary/aromatic N) is 3. The fourth-order valence-electron chi connectivity index (χ4n) is 2.01. The molecule has 1 saturated heterocycles. The molecule has 0 unspecified atom stereocenters. The topological polar surface area (TPSA) is 79.4 Å². The molecular weight excluding hydrogens is 234 g/mol. The number of non-ortho nitro benzene ring substituents is 1. The largest absolute Gasteiger partial charge is 0.379 e. The van der Waals surface area contributed by atoms with Crippen LogP contribution < -0.4 is 0 Å². The summed E-state index contributed by atoms with van der Waals surface area (Å²) in [7, 11) is 0. The smallest absolute Gasteiger partial charge is 0.269 e. The summed E-state index contributed by atoms with van der Waals surface area (Å²) in [5, 5.41) is 20.0. The molecule has 1 atom stereocenters. The summed E-state index contributed by atoms with van der Waals surface area (Å²) in [6, 6.07) is 8.00. The van der Waals surface area contributed by atoms with Gasteiger partial charge in [0.15, 0.2) is 0 Å². The van der Waals surface area contributed by atoms with Crippen molar-refractivity contribution in [1.29, 1.82) is 5.26 Å². The van der Waals surface area contributed by atoms with Gasteiger partial charge in [-0.15, -0.1) is 0 Å². The molecule has 0 bridgehead atoms. The van der Waals surface area contributed by atoms with Gasteiger partial charge < -0.3 is 4.74 Å². The van der Waals surface area contributed by atoms with Crippen LogP contribution in [-0.2, 0) is 4.74 Å². The monoisotopic (exact) mass is 247 g/mol. The molecular formula is C12H13N3O3. The zero-order valence-corrected chi connectivity index (χ0v) is 9.78. The number of hydrogen-bond donors (Lipinski definition) is 0. The van der Waals surface area contributed by atoms with Crippen molar-refractivity contribution in [3.05, 3.63) is 39.9 Å². The van der Waals surface area contributed by atoms with Gasteiger partial charge in [-0.1, -0.05) is 12.1 Å². The summed E-state index contributed by atoms with van der Waals surface area (Å²) in [6.07, 6.45) is 0. The Morgan fingerprint density at radius 2 is 2.17 bits per heavy atom. The van der Waals surface area contributed by atoms with Crippen molar-refractivity contribution < 1.29 is 9.66 Å². The third-order valence-corrected chi connectivity index (χ3v) is 2.93. The number of ether oxygens (including phenoxy) is 1. The van der Waals surface area contributed by atoms with E-state index in [1.165, 1.54) is 12.1 Å². The Morgan fingerprint density at radius 1 is 1.44 bits per heavy atom. The van der Waals surface area contributed by atoms with Gasteiger partial charge >= 0.3 is 0 Å². The highest BCUT2D eigenvalue weighted by atomic mass is 16.6. The third-order valence-electron chi connectivity index (χ3n) is 2.93. The Hall–Kier alpha value is -1.97. The first kappa shape index (κ1) is 12.5. The first-order chi connectivity index (χ1) is 8.72. The second kappa shape index (κ2) is 5.58. The van der Waals surface area contributed by atoms with Crippen LogP contribution in [0.3, 0.4) is 0 Å². The van der Waals surface area contributed by atoms with Crippen LogP contribution in [0.15, 0.2) is 24.3 Å².